The lowest BCUT2D eigenvalue weighted by atomic mass is 9.83. The Morgan fingerprint density at radius 3 is 2.65 bits per heavy atom. The van der Waals surface area contributed by atoms with Crippen molar-refractivity contribution in [1.29, 1.82) is 0 Å². The molecule has 0 atom stereocenters. The molecule has 1 saturated carbocycles. The molecular weight excluding hydrogens is 278 g/mol. The first-order valence-corrected chi connectivity index (χ1v) is 8.58. The molecule has 1 aromatic heterocycles. The van der Waals surface area contributed by atoms with Crippen LogP contribution < -0.4 is 4.72 Å². The molecule has 7 heteroatoms. The average molecular weight is 301 g/mol. The van der Waals surface area contributed by atoms with Gasteiger partial charge in [0, 0.05) is 6.54 Å². The molecule has 1 aliphatic rings. The van der Waals surface area contributed by atoms with Crippen LogP contribution >= 0.6 is 0 Å². The first-order chi connectivity index (χ1) is 9.45. The highest BCUT2D eigenvalue weighted by Crippen LogP contribution is 2.29. The van der Waals surface area contributed by atoms with Crippen molar-refractivity contribution >= 4 is 10.0 Å². The van der Waals surface area contributed by atoms with Crippen molar-refractivity contribution in [2.75, 3.05) is 13.2 Å². The number of aryl methyl sites for hydroxylation is 1. The molecular formula is C13H23N3O3S. The molecule has 0 saturated heterocycles. The fourth-order valence-corrected chi connectivity index (χ4v) is 4.09. The van der Waals surface area contributed by atoms with Gasteiger partial charge in [-0.15, -0.1) is 0 Å². The highest BCUT2D eigenvalue weighted by atomic mass is 32.2. The molecule has 1 aliphatic carbocycles. The summed E-state index contributed by atoms with van der Waals surface area (Å²) < 4.78 is 28.9. The highest BCUT2D eigenvalue weighted by molar-refractivity contribution is 7.89. The van der Waals surface area contributed by atoms with Gasteiger partial charge in [-0.3, -0.25) is 4.68 Å². The van der Waals surface area contributed by atoms with E-state index in [0.29, 0.717) is 30.4 Å². The highest BCUT2D eigenvalue weighted by Gasteiger charge is 2.25. The number of nitrogens with one attached hydrogen (secondary N) is 1. The molecule has 2 N–H and O–H groups in total. The average Bonchev–Trinajstić information content (AvgIpc) is 2.59. The maximum atomic E-state index is 12.4. The van der Waals surface area contributed by atoms with Crippen molar-refractivity contribution in [2.24, 2.45) is 5.92 Å². The topological polar surface area (TPSA) is 84.2 Å². The SMILES string of the molecule is Cc1nn(CCO)c(C)c1S(=O)(=O)NCCC1CCC1. The minimum absolute atomic E-state index is 0.0590. The van der Waals surface area contributed by atoms with E-state index in [1.807, 2.05) is 0 Å². The lowest BCUT2D eigenvalue weighted by Gasteiger charge is -2.25. The third-order valence-corrected chi connectivity index (χ3v) is 5.68. The number of hydrogen-bond acceptors (Lipinski definition) is 4. The number of hydrogen-bond donors (Lipinski definition) is 2. The Bertz CT molecular complexity index is 562. The second-order valence-corrected chi connectivity index (χ2v) is 7.13. The Morgan fingerprint density at radius 1 is 1.40 bits per heavy atom. The second-order valence-electron chi connectivity index (χ2n) is 5.43. The first kappa shape index (κ1) is 15.5. The minimum Gasteiger partial charge on any atom is -0.394 e. The summed E-state index contributed by atoms with van der Waals surface area (Å²) >= 11 is 0. The summed E-state index contributed by atoms with van der Waals surface area (Å²) in [6.45, 7) is 4.13. The van der Waals surface area contributed by atoms with Crippen LogP contribution in [0.5, 0.6) is 0 Å². The third-order valence-electron chi connectivity index (χ3n) is 3.97. The summed E-state index contributed by atoms with van der Waals surface area (Å²) in [7, 11) is -3.51. The summed E-state index contributed by atoms with van der Waals surface area (Å²) in [6.07, 6.45) is 4.61. The van der Waals surface area contributed by atoms with E-state index in [-0.39, 0.29) is 11.5 Å². The fourth-order valence-electron chi connectivity index (χ4n) is 2.63. The Kier molecular flexibility index (Phi) is 4.82. The van der Waals surface area contributed by atoms with Crippen molar-refractivity contribution in [2.45, 2.75) is 51.0 Å². The molecule has 6 nitrogen and oxygen atoms in total. The maximum absolute atomic E-state index is 12.4. The molecule has 0 amide bonds. The molecule has 0 radical (unpaired) electrons. The van der Waals surface area contributed by atoms with Crippen LogP contribution in [0.3, 0.4) is 0 Å². The molecule has 2 rings (SSSR count). The van der Waals surface area contributed by atoms with Crippen molar-refractivity contribution in [3.8, 4) is 0 Å². The lowest BCUT2D eigenvalue weighted by Crippen LogP contribution is -2.28. The summed E-state index contributed by atoms with van der Waals surface area (Å²) in [5, 5.41) is 13.1. The number of nitrogens with zero attached hydrogens (tertiary/aromatic N) is 2. The van der Waals surface area contributed by atoms with Gasteiger partial charge in [0.05, 0.1) is 24.5 Å². The fraction of sp³-hybridized carbons (Fsp3) is 0.769. The van der Waals surface area contributed by atoms with E-state index in [1.165, 1.54) is 23.9 Å². The summed E-state index contributed by atoms with van der Waals surface area (Å²) in [6, 6.07) is 0. The van der Waals surface area contributed by atoms with Gasteiger partial charge >= 0.3 is 0 Å². The number of sulfonamides is 1. The molecule has 1 aromatic rings. The second kappa shape index (κ2) is 6.24. The van der Waals surface area contributed by atoms with E-state index >= 15 is 0 Å². The molecule has 0 spiro atoms. The van der Waals surface area contributed by atoms with E-state index < -0.39 is 10.0 Å². The molecule has 1 heterocycles. The molecule has 0 aromatic carbocycles. The van der Waals surface area contributed by atoms with Gasteiger partial charge in [-0.25, -0.2) is 13.1 Å². The van der Waals surface area contributed by atoms with Crippen LogP contribution in [0.4, 0.5) is 0 Å². The van der Waals surface area contributed by atoms with Gasteiger partial charge in [-0.05, 0) is 26.2 Å². The Morgan fingerprint density at radius 2 is 2.10 bits per heavy atom. The predicted octanol–water partition coefficient (Wildman–Crippen LogP) is 0.961. The van der Waals surface area contributed by atoms with Crippen LogP contribution in [-0.2, 0) is 16.6 Å². The minimum atomic E-state index is -3.51. The number of aliphatic hydroxyl groups excluding tert-OH is 1. The smallest absolute Gasteiger partial charge is 0.244 e. The predicted molar refractivity (Wildman–Crippen MR) is 75.9 cm³/mol. The van der Waals surface area contributed by atoms with Gasteiger partial charge in [0.25, 0.3) is 0 Å². The lowest BCUT2D eigenvalue weighted by molar-refractivity contribution is 0.267. The monoisotopic (exact) mass is 301 g/mol. The summed E-state index contributed by atoms with van der Waals surface area (Å²) in [4.78, 5) is 0.250. The maximum Gasteiger partial charge on any atom is 0.244 e. The standard InChI is InChI=1S/C13H23N3O3S/c1-10-13(11(2)16(15-10)8-9-17)20(18,19)14-7-6-12-4-3-5-12/h12,14,17H,3-9H2,1-2H3. The number of aliphatic hydroxyl groups is 1. The van der Waals surface area contributed by atoms with Crippen LogP contribution in [0.25, 0.3) is 0 Å². The zero-order chi connectivity index (χ0) is 14.8. The molecule has 0 aliphatic heterocycles. The van der Waals surface area contributed by atoms with Crippen LogP contribution in [-0.4, -0.2) is 36.5 Å². The third kappa shape index (κ3) is 3.21. The Balaban J connectivity index is 2.07. The molecule has 1 fully saturated rings. The van der Waals surface area contributed by atoms with Gasteiger partial charge in [-0.1, -0.05) is 19.3 Å². The van der Waals surface area contributed by atoms with Crippen LogP contribution in [0, 0.1) is 19.8 Å². The van der Waals surface area contributed by atoms with Crippen molar-refractivity contribution < 1.29 is 13.5 Å². The van der Waals surface area contributed by atoms with Crippen LogP contribution in [0.2, 0.25) is 0 Å². The van der Waals surface area contributed by atoms with Gasteiger partial charge in [0.15, 0.2) is 0 Å². The van der Waals surface area contributed by atoms with Gasteiger partial charge in [0.1, 0.15) is 4.90 Å². The molecule has 20 heavy (non-hydrogen) atoms. The van der Waals surface area contributed by atoms with E-state index in [2.05, 4.69) is 9.82 Å². The largest absolute Gasteiger partial charge is 0.394 e. The van der Waals surface area contributed by atoms with Crippen molar-refractivity contribution in [3.63, 3.8) is 0 Å². The quantitative estimate of drug-likeness (QED) is 0.785. The molecule has 114 valence electrons. The van der Waals surface area contributed by atoms with Gasteiger partial charge in [-0.2, -0.15) is 5.10 Å². The normalized spacial score (nSPS) is 16.4. The van der Waals surface area contributed by atoms with Gasteiger partial charge in [0.2, 0.25) is 10.0 Å². The van der Waals surface area contributed by atoms with Gasteiger partial charge < -0.3 is 5.11 Å². The zero-order valence-electron chi connectivity index (χ0n) is 12.1. The Hall–Kier alpha value is -0.920. The molecule has 0 unspecified atom stereocenters. The van der Waals surface area contributed by atoms with Crippen molar-refractivity contribution in [3.05, 3.63) is 11.4 Å². The number of aromatic nitrogens is 2. The number of rotatable bonds is 7. The Labute approximate surface area is 120 Å². The van der Waals surface area contributed by atoms with E-state index in [4.69, 9.17) is 5.11 Å². The first-order valence-electron chi connectivity index (χ1n) is 7.10. The zero-order valence-corrected chi connectivity index (χ0v) is 12.9. The van der Waals surface area contributed by atoms with E-state index in [9.17, 15) is 8.42 Å². The van der Waals surface area contributed by atoms with Crippen LogP contribution in [0.15, 0.2) is 4.90 Å². The van der Waals surface area contributed by atoms with Crippen LogP contribution in [0.1, 0.15) is 37.1 Å². The summed E-state index contributed by atoms with van der Waals surface area (Å²) in [5.74, 6) is 0.678. The van der Waals surface area contributed by atoms with E-state index in [0.717, 1.165) is 6.42 Å². The van der Waals surface area contributed by atoms with Crippen molar-refractivity contribution in [1.82, 2.24) is 14.5 Å². The summed E-state index contributed by atoms with van der Waals surface area (Å²) in [5.41, 5.74) is 1.06. The van der Waals surface area contributed by atoms with E-state index in [1.54, 1.807) is 13.8 Å². The molecule has 0 bridgehead atoms.